The lowest BCUT2D eigenvalue weighted by molar-refractivity contribution is -0.137. The standard InChI is InChI=1S/C16H18F3N3OS.ClH/c1-9(2)14(10-4-3-5-11(6-10)16(17,18)19)22-15(23)12-8-24-13(7-20)21-12;/h3-6,8-9,14H,7,20H2,1-2H3,(H,22,23);1H. The summed E-state index contributed by atoms with van der Waals surface area (Å²) >= 11 is 1.27. The van der Waals surface area contributed by atoms with Crippen LogP contribution >= 0.6 is 23.7 Å². The van der Waals surface area contributed by atoms with E-state index in [4.69, 9.17) is 5.73 Å². The molecule has 1 aromatic heterocycles. The number of halogens is 4. The van der Waals surface area contributed by atoms with E-state index < -0.39 is 23.7 Å². The number of benzene rings is 1. The summed E-state index contributed by atoms with van der Waals surface area (Å²) in [5.41, 5.74) is 5.36. The maximum Gasteiger partial charge on any atom is 0.416 e. The van der Waals surface area contributed by atoms with Gasteiger partial charge >= 0.3 is 6.18 Å². The Morgan fingerprint density at radius 3 is 2.56 bits per heavy atom. The first-order valence-electron chi connectivity index (χ1n) is 7.35. The van der Waals surface area contributed by atoms with Crippen LogP contribution in [0.4, 0.5) is 13.2 Å². The van der Waals surface area contributed by atoms with E-state index in [0.29, 0.717) is 10.6 Å². The van der Waals surface area contributed by atoms with Gasteiger partial charge in [0.1, 0.15) is 10.7 Å². The molecule has 0 spiro atoms. The quantitative estimate of drug-likeness (QED) is 0.801. The van der Waals surface area contributed by atoms with Crippen molar-refractivity contribution in [3.8, 4) is 0 Å². The van der Waals surface area contributed by atoms with Crippen molar-refractivity contribution in [3.05, 3.63) is 51.5 Å². The lowest BCUT2D eigenvalue weighted by Gasteiger charge is -2.23. The van der Waals surface area contributed by atoms with E-state index in [1.54, 1.807) is 11.4 Å². The zero-order valence-corrected chi connectivity index (χ0v) is 15.3. The van der Waals surface area contributed by atoms with Crippen molar-refractivity contribution in [2.75, 3.05) is 0 Å². The molecule has 0 bridgehead atoms. The van der Waals surface area contributed by atoms with E-state index in [1.165, 1.54) is 17.4 Å². The second kappa shape index (κ2) is 8.64. The lowest BCUT2D eigenvalue weighted by Crippen LogP contribution is -2.32. The third-order valence-electron chi connectivity index (χ3n) is 3.49. The summed E-state index contributed by atoms with van der Waals surface area (Å²) < 4.78 is 38.7. The van der Waals surface area contributed by atoms with Crippen LogP contribution in [0.5, 0.6) is 0 Å². The highest BCUT2D eigenvalue weighted by atomic mass is 35.5. The maximum absolute atomic E-state index is 12.9. The Hall–Kier alpha value is -1.64. The van der Waals surface area contributed by atoms with Gasteiger partial charge in [0, 0.05) is 11.9 Å². The largest absolute Gasteiger partial charge is 0.416 e. The molecule has 0 aliphatic rings. The molecule has 1 unspecified atom stereocenters. The van der Waals surface area contributed by atoms with Gasteiger partial charge in [0.2, 0.25) is 0 Å². The molecule has 3 N–H and O–H groups in total. The van der Waals surface area contributed by atoms with Gasteiger partial charge in [-0.05, 0) is 23.6 Å². The van der Waals surface area contributed by atoms with Crippen molar-refractivity contribution in [1.82, 2.24) is 10.3 Å². The van der Waals surface area contributed by atoms with Crippen molar-refractivity contribution in [3.63, 3.8) is 0 Å². The Balaban J connectivity index is 0.00000312. The molecule has 9 heteroatoms. The molecule has 4 nitrogen and oxygen atoms in total. The van der Waals surface area contributed by atoms with Gasteiger partial charge in [-0.2, -0.15) is 13.2 Å². The van der Waals surface area contributed by atoms with Gasteiger partial charge in [-0.1, -0.05) is 26.0 Å². The molecule has 0 saturated heterocycles. The number of rotatable bonds is 5. The number of nitrogens with two attached hydrogens (primary N) is 1. The number of amides is 1. The number of hydrogen-bond acceptors (Lipinski definition) is 4. The second-order valence-corrected chi connectivity index (χ2v) is 6.59. The molecule has 0 radical (unpaired) electrons. The molecule has 138 valence electrons. The van der Waals surface area contributed by atoms with Crippen LogP contribution in [0, 0.1) is 5.92 Å². The van der Waals surface area contributed by atoms with E-state index in [2.05, 4.69) is 10.3 Å². The van der Waals surface area contributed by atoms with Crippen LogP contribution in [-0.2, 0) is 12.7 Å². The van der Waals surface area contributed by atoms with Gasteiger partial charge in [-0.25, -0.2) is 4.98 Å². The Morgan fingerprint density at radius 1 is 1.36 bits per heavy atom. The zero-order chi connectivity index (χ0) is 17.9. The highest BCUT2D eigenvalue weighted by Gasteiger charge is 2.31. The average molecular weight is 394 g/mol. The number of carbonyl (C=O) groups excluding carboxylic acids is 1. The summed E-state index contributed by atoms with van der Waals surface area (Å²) in [5.74, 6) is -0.521. The number of nitrogens with zero attached hydrogens (tertiary/aromatic N) is 1. The number of nitrogens with one attached hydrogen (secondary N) is 1. The number of carbonyl (C=O) groups is 1. The molecular formula is C16H19ClF3N3OS. The van der Waals surface area contributed by atoms with Crippen molar-refractivity contribution >= 4 is 29.7 Å². The Morgan fingerprint density at radius 2 is 2.04 bits per heavy atom. The van der Waals surface area contributed by atoms with E-state index in [9.17, 15) is 18.0 Å². The summed E-state index contributed by atoms with van der Waals surface area (Å²) in [6.45, 7) is 3.90. The zero-order valence-electron chi connectivity index (χ0n) is 13.6. The molecule has 1 atom stereocenters. The minimum absolute atomic E-state index is 0. The average Bonchev–Trinajstić information content (AvgIpc) is 3.00. The SMILES string of the molecule is CC(C)C(NC(=O)c1csc(CN)n1)c1cccc(C(F)(F)F)c1.Cl. The smallest absolute Gasteiger partial charge is 0.344 e. The van der Waals surface area contributed by atoms with Gasteiger partial charge in [-0.3, -0.25) is 4.79 Å². The number of thiazole rings is 1. The van der Waals surface area contributed by atoms with E-state index in [1.807, 2.05) is 13.8 Å². The van der Waals surface area contributed by atoms with Gasteiger partial charge in [0.05, 0.1) is 11.6 Å². The molecule has 1 amide bonds. The number of hydrogen-bond donors (Lipinski definition) is 2. The maximum atomic E-state index is 12.9. The summed E-state index contributed by atoms with van der Waals surface area (Å²) in [7, 11) is 0. The summed E-state index contributed by atoms with van der Waals surface area (Å²) in [6.07, 6.45) is -4.42. The monoisotopic (exact) mass is 393 g/mol. The molecular weight excluding hydrogens is 375 g/mol. The third kappa shape index (κ3) is 5.42. The van der Waals surface area contributed by atoms with Crippen LogP contribution in [-0.4, -0.2) is 10.9 Å². The van der Waals surface area contributed by atoms with Gasteiger partial charge in [0.15, 0.2) is 0 Å². The first kappa shape index (κ1) is 21.4. The van der Waals surface area contributed by atoms with Crippen LogP contribution < -0.4 is 11.1 Å². The number of aromatic nitrogens is 1. The number of alkyl halides is 3. The molecule has 2 aromatic rings. The normalized spacial score (nSPS) is 12.6. The molecule has 0 aliphatic carbocycles. The van der Waals surface area contributed by atoms with Gasteiger partial charge in [-0.15, -0.1) is 23.7 Å². The second-order valence-electron chi connectivity index (χ2n) is 5.65. The summed E-state index contributed by atoms with van der Waals surface area (Å²) in [4.78, 5) is 16.4. The first-order valence-corrected chi connectivity index (χ1v) is 8.22. The van der Waals surface area contributed by atoms with Crippen LogP contribution in [0.2, 0.25) is 0 Å². The minimum atomic E-state index is -4.42. The van der Waals surface area contributed by atoms with Gasteiger partial charge < -0.3 is 11.1 Å². The van der Waals surface area contributed by atoms with Crippen LogP contribution in [0.15, 0.2) is 29.6 Å². The molecule has 2 rings (SSSR count). The Bertz CT molecular complexity index is 719. The van der Waals surface area contributed by atoms with Crippen molar-refractivity contribution in [1.29, 1.82) is 0 Å². The highest BCUT2D eigenvalue weighted by molar-refractivity contribution is 7.09. The molecule has 25 heavy (non-hydrogen) atoms. The molecule has 1 aromatic carbocycles. The molecule has 0 saturated carbocycles. The lowest BCUT2D eigenvalue weighted by atomic mass is 9.94. The Kier molecular flexibility index (Phi) is 7.40. The van der Waals surface area contributed by atoms with Gasteiger partial charge in [0.25, 0.3) is 5.91 Å². The van der Waals surface area contributed by atoms with Crippen LogP contribution in [0.1, 0.15) is 46.5 Å². The fraction of sp³-hybridized carbons (Fsp3) is 0.375. The van der Waals surface area contributed by atoms with Crippen molar-refractivity contribution in [2.24, 2.45) is 11.7 Å². The predicted molar refractivity (Wildman–Crippen MR) is 93.7 cm³/mol. The predicted octanol–water partition coefficient (Wildman–Crippen LogP) is 4.17. The summed E-state index contributed by atoms with van der Waals surface area (Å²) in [5, 5.41) is 4.97. The molecule has 1 heterocycles. The van der Waals surface area contributed by atoms with Crippen molar-refractivity contribution < 1.29 is 18.0 Å². The Labute approximate surface area is 154 Å². The van der Waals surface area contributed by atoms with E-state index >= 15 is 0 Å². The topological polar surface area (TPSA) is 68.0 Å². The van der Waals surface area contributed by atoms with Crippen LogP contribution in [0.3, 0.4) is 0 Å². The molecule has 0 aliphatic heterocycles. The fourth-order valence-electron chi connectivity index (χ4n) is 2.27. The fourth-order valence-corrected chi connectivity index (χ4v) is 2.92. The van der Waals surface area contributed by atoms with Crippen molar-refractivity contribution in [2.45, 2.75) is 32.6 Å². The first-order chi connectivity index (χ1) is 11.2. The molecule has 0 fully saturated rings. The van der Waals surface area contributed by atoms with E-state index in [-0.39, 0.29) is 30.6 Å². The minimum Gasteiger partial charge on any atom is -0.344 e. The third-order valence-corrected chi connectivity index (χ3v) is 4.36. The summed E-state index contributed by atoms with van der Waals surface area (Å²) in [6, 6.07) is 4.44. The van der Waals surface area contributed by atoms with E-state index in [0.717, 1.165) is 12.1 Å². The van der Waals surface area contributed by atoms with Crippen LogP contribution in [0.25, 0.3) is 0 Å². The highest BCUT2D eigenvalue weighted by Crippen LogP contribution is 2.32.